The van der Waals surface area contributed by atoms with Crippen molar-refractivity contribution in [2.24, 2.45) is 0 Å². The fourth-order valence-corrected chi connectivity index (χ4v) is 3.23. The van der Waals surface area contributed by atoms with Gasteiger partial charge in [0.15, 0.2) is 0 Å². The minimum Gasteiger partial charge on any atom is -0.492 e. The van der Waals surface area contributed by atoms with E-state index in [0.717, 1.165) is 42.4 Å². The molecule has 128 valence electrons. The van der Waals surface area contributed by atoms with E-state index in [4.69, 9.17) is 9.15 Å². The van der Waals surface area contributed by atoms with Crippen LogP contribution in [0.4, 0.5) is 0 Å². The summed E-state index contributed by atoms with van der Waals surface area (Å²) in [6.07, 6.45) is 3.25. The predicted molar refractivity (Wildman–Crippen MR) is 99.9 cm³/mol. The zero-order valence-corrected chi connectivity index (χ0v) is 14.3. The van der Waals surface area contributed by atoms with Crippen LogP contribution in [0.2, 0.25) is 0 Å². The van der Waals surface area contributed by atoms with Crippen LogP contribution in [0.15, 0.2) is 71.1 Å². The van der Waals surface area contributed by atoms with Crippen molar-refractivity contribution in [3.63, 3.8) is 0 Å². The first-order valence-electron chi connectivity index (χ1n) is 8.96. The van der Waals surface area contributed by atoms with Crippen LogP contribution in [0.5, 0.6) is 5.75 Å². The third-order valence-electron chi connectivity index (χ3n) is 4.64. The van der Waals surface area contributed by atoms with Gasteiger partial charge in [-0.1, -0.05) is 42.5 Å². The highest BCUT2D eigenvalue weighted by Gasteiger charge is 2.14. The number of benzene rings is 2. The van der Waals surface area contributed by atoms with Crippen molar-refractivity contribution in [3.8, 4) is 17.1 Å². The second-order valence-electron chi connectivity index (χ2n) is 6.56. The molecule has 1 atom stereocenters. The van der Waals surface area contributed by atoms with Gasteiger partial charge in [-0.3, -0.25) is 0 Å². The molecule has 1 fully saturated rings. The van der Waals surface area contributed by atoms with E-state index in [1.54, 1.807) is 0 Å². The fraction of sp³-hybridized carbons (Fsp3) is 0.273. The van der Waals surface area contributed by atoms with Crippen molar-refractivity contribution in [3.05, 3.63) is 78.1 Å². The maximum atomic E-state index is 5.98. The number of rotatable bonds is 6. The first-order valence-corrected chi connectivity index (χ1v) is 8.96. The SMILES string of the molecule is c1ccc(-c2ccc(Cc3ccc(OC[C@H]4CCCN4)cc3)o2)cc1. The van der Waals surface area contributed by atoms with Crippen LogP contribution in [0.25, 0.3) is 11.3 Å². The van der Waals surface area contributed by atoms with Gasteiger partial charge in [0, 0.05) is 18.0 Å². The molecule has 1 aromatic heterocycles. The number of hydrogen-bond donors (Lipinski definition) is 1. The third kappa shape index (κ3) is 4.12. The summed E-state index contributed by atoms with van der Waals surface area (Å²) in [4.78, 5) is 0. The Labute approximate surface area is 148 Å². The topological polar surface area (TPSA) is 34.4 Å². The van der Waals surface area contributed by atoms with Crippen molar-refractivity contribution >= 4 is 0 Å². The quantitative estimate of drug-likeness (QED) is 0.712. The lowest BCUT2D eigenvalue weighted by Crippen LogP contribution is -2.28. The molecule has 1 aliphatic rings. The zero-order valence-electron chi connectivity index (χ0n) is 14.3. The van der Waals surface area contributed by atoms with Gasteiger partial charge < -0.3 is 14.5 Å². The maximum absolute atomic E-state index is 5.98. The highest BCUT2D eigenvalue weighted by molar-refractivity contribution is 5.57. The highest BCUT2D eigenvalue weighted by atomic mass is 16.5. The molecular formula is C22H23NO2. The average molecular weight is 333 g/mol. The van der Waals surface area contributed by atoms with E-state index < -0.39 is 0 Å². The van der Waals surface area contributed by atoms with Crippen LogP contribution in [-0.4, -0.2) is 19.2 Å². The summed E-state index contributed by atoms with van der Waals surface area (Å²) in [5, 5.41) is 3.45. The van der Waals surface area contributed by atoms with Gasteiger partial charge in [-0.05, 0) is 49.2 Å². The van der Waals surface area contributed by atoms with Crippen molar-refractivity contribution in [1.82, 2.24) is 5.32 Å². The van der Waals surface area contributed by atoms with Crippen LogP contribution < -0.4 is 10.1 Å². The molecule has 1 saturated heterocycles. The molecular weight excluding hydrogens is 310 g/mol. The Kier molecular flexibility index (Phi) is 4.84. The smallest absolute Gasteiger partial charge is 0.134 e. The summed E-state index contributed by atoms with van der Waals surface area (Å²) >= 11 is 0. The van der Waals surface area contributed by atoms with Crippen LogP contribution in [0, 0.1) is 0 Å². The normalized spacial score (nSPS) is 16.9. The molecule has 0 amide bonds. The third-order valence-corrected chi connectivity index (χ3v) is 4.64. The lowest BCUT2D eigenvalue weighted by molar-refractivity contribution is 0.277. The van der Waals surface area contributed by atoms with E-state index >= 15 is 0 Å². The van der Waals surface area contributed by atoms with E-state index in [1.807, 2.05) is 36.4 Å². The lowest BCUT2D eigenvalue weighted by atomic mass is 10.1. The van der Waals surface area contributed by atoms with Gasteiger partial charge in [0.05, 0.1) is 0 Å². The number of furan rings is 1. The Bertz CT molecular complexity index is 786. The summed E-state index contributed by atoms with van der Waals surface area (Å²) in [6, 6.07) is 23.1. The highest BCUT2D eigenvalue weighted by Crippen LogP contribution is 2.24. The molecule has 0 saturated carbocycles. The van der Waals surface area contributed by atoms with Gasteiger partial charge >= 0.3 is 0 Å². The first kappa shape index (κ1) is 16.0. The summed E-state index contributed by atoms with van der Waals surface area (Å²) in [7, 11) is 0. The summed E-state index contributed by atoms with van der Waals surface area (Å²) in [6.45, 7) is 1.86. The van der Waals surface area contributed by atoms with Gasteiger partial charge in [0.2, 0.25) is 0 Å². The van der Waals surface area contributed by atoms with E-state index in [2.05, 4.69) is 35.6 Å². The zero-order chi connectivity index (χ0) is 16.9. The molecule has 2 heterocycles. The van der Waals surface area contributed by atoms with Crippen LogP contribution in [0.3, 0.4) is 0 Å². The number of nitrogens with one attached hydrogen (secondary N) is 1. The van der Waals surface area contributed by atoms with Crippen LogP contribution in [-0.2, 0) is 6.42 Å². The minimum absolute atomic E-state index is 0.499. The molecule has 0 unspecified atom stereocenters. The van der Waals surface area contributed by atoms with Crippen molar-refractivity contribution in [2.75, 3.05) is 13.2 Å². The molecule has 3 heteroatoms. The molecule has 25 heavy (non-hydrogen) atoms. The van der Waals surface area contributed by atoms with Crippen LogP contribution in [0.1, 0.15) is 24.2 Å². The molecule has 0 aliphatic carbocycles. The summed E-state index contributed by atoms with van der Waals surface area (Å²) in [5.74, 6) is 2.82. The molecule has 2 aromatic carbocycles. The molecule has 0 radical (unpaired) electrons. The number of ether oxygens (including phenoxy) is 1. The second kappa shape index (κ2) is 7.58. The molecule has 3 aromatic rings. The van der Waals surface area contributed by atoms with Crippen molar-refractivity contribution in [1.29, 1.82) is 0 Å². The molecule has 0 bridgehead atoms. The van der Waals surface area contributed by atoms with Gasteiger partial charge in [-0.2, -0.15) is 0 Å². The second-order valence-corrected chi connectivity index (χ2v) is 6.56. The largest absolute Gasteiger partial charge is 0.492 e. The van der Waals surface area contributed by atoms with Crippen LogP contribution >= 0.6 is 0 Å². The summed E-state index contributed by atoms with van der Waals surface area (Å²) < 4.78 is 11.9. The Hall–Kier alpha value is -2.52. The number of hydrogen-bond acceptors (Lipinski definition) is 3. The first-order chi connectivity index (χ1) is 12.4. The molecule has 3 nitrogen and oxygen atoms in total. The average Bonchev–Trinajstić information content (AvgIpc) is 3.34. The predicted octanol–water partition coefficient (Wildman–Crippen LogP) is 4.67. The Balaban J connectivity index is 1.35. The molecule has 1 N–H and O–H groups in total. The van der Waals surface area contributed by atoms with E-state index in [0.29, 0.717) is 6.04 Å². The molecule has 0 spiro atoms. The Morgan fingerprint density at radius 1 is 0.960 bits per heavy atom. The van der Waals surface area contributed by atoms with E-state index in [1.165, 1.54) is 18.4 Å². The van der Waals surface area contributed by atoms with E-state index in [9.17, 15) is 0 Å². The van der Waals surface area contributed by atoms with Gasteiger partial charge in [0.25, 0.3) is 0 Å². The van der Waals surface area contributed by atoms with Gasteiger partial charge in [0.1, 0.15) is 23.9 Å². The molecule has 1 aliphatic heterocycles. The fourth-order valence-electron chi connectivity index (χ4n) is 3.23. The van der Waals surface area contributed by atoms with Crippen molar-refractivity contribution in [2.45, 2.75) is 25.3 Å². The monoisotopic (exact) mass is 333 g/mol. The lowest BCUT2D eigenvalue weighted by Gasteiger charge is -2.12. The Morgan fingerprint density at radius 3 is 2.56 bits per heavy atom. The minimum atomic E-state index is 0.499. The van der Waals surface area contributed by atoms with Gasteiger partial charge in [-0.15, -0.1) is 0 Å². The van der Waals surface area contributed by atoms with E-state index in [-0.39, 0.29) is 0 Å². The molecule has 4 rings (SSSR count). The Morgan fingerprint density at radius 2 is 1.80 bits per heavy atom. The standard InChI is InChI=1S/C22H23NO2/c1-2-5-18(6-3-1)22-13-12-21(25-22)15-17-8-10-20(11-9-17)24-16-19-7-4-14-23-19/h1-3,5-6,8-13,19,23H,4,7,14-16H2/t19-/m1/s1. The van der Waals surface area contributed by atoms with Crippen molar-refractivity contribution < 1.29 is 9.15 Å². The van der Waals surface area contributed by atoms with Gasteiger partial charge in [-0.25, -0.2) is 0 Å². The summed E-state index contributed by atoms with van der Waals surface area (Å²) in [5.41, 5.74) is 2.33. The maximum Gasteiger partial charge on any atom is 0.134 e.